The molecule has 0 radical (unpaired) electrons. The highest BCUT2D eigenvalue weighted by Gasteiger charge is 2.24. The summed E-state index contributed by atoms with van der Waals surface area (Å²) in [5.74, 6) is 0.364. The van der Waals surface area contributed by atoms with Gasteiger partial charge in [0, 0.05) is 17.9 Å². The van der Waals surface area contributed by atoms with Crippen molar-refractivity contribution in [2.75, 3.05) is 20.8 Å². The van der Waals surface area contributed by atoms with Gasteiger partial charge in [0.2, 0.25) is 0 Å². The average molecular weight is 325 g/mol. The number of ether oxygens (including phenoxy) is 1. The second-order valence-electron chi connectivity index (χ2n) is 5.82. The number of nitrogens with zero attached hydrogens (tertiary/aromatic N) is 1. The maximum Gasteiger partial charge on any atom is 0.122 e. The maximum absolute atomic E-state index is 10.2. The fourth-order valence-electron chi connectivity index (χ4n) is 2.18. The van der Waals surface area contributed by atoms with Crippen molar-refractivity contribution in [3.63, 3.8) is 0 Å². The van der Waals surface area contributed by atoms with E-state index in [9.17, 15) is 5.11 Å². The third kappa shape index (κ3) is 6.91. The fourth-order valence-corrected chi connectivity index (χ4v) is 2.18. The Labute approximate surface area is 140 Å². The summed E-state index contributed by atoms with van der Waals surface area (Å²) in [6.45, 7) is 14.3. The van der Waals surface area contributed by atoms with Gasteiger partial charge in [0.1, 0.15) is 18.4 Å². The highest BCUT2D eigenvalue weighted by Crippen LogP contribution is 2.22. The molecule has 0 bridgehead atoms. The summed E-state index contributed by atoms with van der Waals surface area (Å²) >= 11 is 0. The lowest BCUT2D eigenvalue weighted by Crippen LogP contribution is -2.86. The van der Waals surface area contributed by atoms with Crippen LogP contribution in [0.4, 0.5) is 0 Å². The Kier molecular flexibility index (Phi) is 10.1. The molecule has 5 heteroatoms. The van der Waals surface area contributed by atoms with Crippen molar-refractivity contribution in [3.05, 3.63) is 35.3 Å². The van der Waals surface area contributed by atoms with Crippen LogP contribution in [0.25, 0.3) is 0 Å². The first-order valence-electron chi connectivity index (χ1n) is 8.03. The number of oxime groups is 1. The molecular formula is C18H33N2O3+. The summed E-state index contributed by atoms with van der Waals surface area (Å²) in [5.41, 5.74) is 3.56. The molecule has 0 aliphatic carbocycles. The van der Waals surface area contributed by atoms with Gasteiger partial charge in [0.15, 0.2) is 0 Å². The lowest BCUT2D eigenvalue weighted by molar-refractivity contribution is -0.654. The normalized spacial score (nSPS) is 14.9. The Balaban J connectivity index is 5.30. The monoisotopic (exact) mass is 325 g/mol. The van der Waals surface area contributed by atoms with E-state index >= 15 is 0 Å². The van der Waals surface area contributed by atoms with E-state index in [4.69, 9.17) is 9.57 Å². The van der Waals surface area contributed by atoms with Crippen LogP contribution in [0.5, 0.6) is 0 Å². The van der Waals surface area contributed by atoms with Gasteiger partial charge in [-0.3, -0.25) is 0 Å². The molecule has 0 fully saturated rings. The average Bonchev–Trinajstić information content (AvgIpc) is 2.54. The molecule has 0 saturated heterocycles. The zero-order valence-corrected chi connectivity index (χ0v) is 15.6. The summed E-state index contributed by atoms with van der Waals surface area (Å²) in [4.78, 5) is 5.14. The van der Waals surface area contributed by atoms with E-state index in [1.54, 1.807) is 13.4 Å². The first-order valence-corrected chi connectivity index (χ1v) is 8.03. The zero-order valence-electron chi connectivity index (χ0n) is 15.6. The summed E-state index contributed by atoms with van der Waals surface area (Å²) in [5, 5.41) is 16.3. The maximum atomic E-state index is 10.2. The van der Waals surface area contributed by atoms with Crippen LogP contribution in [0.1, 0.15) is 41.0 Å². The van der Waals surface area contributed by atoms with E-state index in [-0.39, 0.29) is 17.7 Å². The highest BCUT2D eigenvalue weighted by atomic mass is 16.6. The van der Waals surface area contributed by atoms with Crippen LogP contribution in [-0.2, 0) is 9.57 Å². The molecule has 0 heterocycles. The van der Waals surface area contributed by atoms with Crippen molar-refractivity contribution in [1.82, 2.24) is 0 Å². The van der Waals surface area contributed by atoms with Crippen molar-refractivity contribution in [1.29, 1.82) is 0 Å². The Morgan fingerprint density at radius 2 is 1.96 bits per heavy atom. The number of methoxy groups -OCH3 is 1. The molecule has 2 unspecified atom stereocenters. The minimum absolute atomic E-state index is 0.0358. The van der Waals surface area contributed by atoms with Gasteiger partial charge >= 0.3 is 0 Å². The van der Waals surface area contributed by atoms with Gasteiger partial charge in [-0.15, -0.1) is 0 Å². The van der Waals surface area contributed by atoms with E-state index in [0.717, 1.165) is 22.4 Å². The fraction of sp³-hybridized carbons (Fsp3) is 0.611. The topological polar surface area (TPSA) is 67.7 Å². The van der Waals surface area contributed by atoms with Crippen LogP contribution < -0.4 is 5.32 Å². The number of aliphatic hydroxyl groups excluding tert-OH is 1. The second-order valence-corrected chi connectivity index (χ2v) is 5.82. The largest absolute Gasteiger partial charge is 0.508 e. The molecule has 0 aromatic heterocycles. The Morgan fingerprint density at radius 3 is 2.39 bits per heavy atom. The van der Waals surface area contributed by atoms with Gasteiger partial charge in [0.05, 0.1) is 26.1 Å². The predicted octanol–water partition coefficient (Wildman–Crippen LogP) is 2.93. The van der Waals surface area contributed by atoms with E-state index in [1.165, 1.54) is 0 Å². The third-order valence-electron chi connectivity index (χ3n) is 3.87. The molecule has 0 saturated carbocycles. The van der Waals surface area contributed by atoms with Crippen LogP contribution in [0.2, 0.25) is 0 Å². The summed E-state index contributed by atoms with van der Waals surface area (Å²) in [6.07, 6.45) is 2.46. The molecule has 0 aromatic carbocycles. The summed E-state index contributed by atoms with van der Waals surface area (Å²) < 4.78 is 5.24. The zero-order chi connectivity index (χ0) is 18.0. The quantitative estimate of drug-likeness (QED) is 0.281. The number of quaternary nitrogens is 1. The number of rotatable bonds is 10. The Morgan fingerprint density at radius 1 is 1.35 bits per heavy atom. The Hall–Kier alpha value is -1.75. The SMILES string of the molecule is C=C(C(O)=C(C)C)C(CC(=COC)C(C)C(C)=NOCC)[NH2+]C. The van der Waals surface area contributed by atoms with E-state index < -0.39 is 0 Å². The van der Waals surface area contributed by atoms with Crippen molar-refractivity contribution in [2.24, 2.45) is 11.1 Å². The third-order valence-corrected chi connectivity index (χ3v) is 3.87. The lowest BCUT2D eigenvalue weighted by Gasteiger charge is -2.21. The van der Waals surface area contributed by atoms with Crippen molar-refractivity contribution in [2.45, 2.75) is 47.1 Å². The van der Waals surface area contributed by atoms with Gasteiger partial charge in [-0.25, -0.2) is 0 Å². The minimum Gasteiger partial charge on any atom is -0.508 e. The lowest BCUT2D eigenvalue weighted by atomic mass is 9.89. The van der Waals surface area contributed by atoms with Gasteiger partial charge in [-0.2, -0.15) is 0 Å². The molecule has 0 rings (SSSR count). The molecule has 23 heavy (non-hydrogen) atoms. The molecule has 0 amide bonds. The highest BCUT2D eigenvalue weighted by molar-refractivity contribution is 5.86. The molecular weight excluding hydrogens is 292 g/mol. The molecule has 2 atom stereocenters. The van der Waals surface area contributed by atoms with Gasteiger partial charge in [-0.05, 0) is 38.8 Å². The van der Waals surface area contributed by atoms with Gasteiger partial charge < -0.3 is 20.0 Å². The number of likely N-dealkylation sites (N-methyl/N-ethyl adjacent to an activating group) is 1. The summed E-state index contributed by atoms with van der Waals surface area (Å²) in [6, 6.07) is 0.0358. The smallest absolute Gasteiger partial charge is 0.122 e. The van der Waals surface area contributed by atoms with Crippen molar-refractivity contribution in [3.8, 4) is 0 Å². The number of hydrogen-bond acceptors (Lipinski definition) is 4. The van der Waals surface area contributed by atoms with Crippen LogP contribution in [-0.4, -0.2) is 37.6 Å². The van der Waals surface area contributed by atoms with Crippen LogP contribution in [0.15, 0.2) is 40.5 Å². The van der Waals surface area contributed by atoms with E-state index in [2.05, 4.69) is 18.7 Å². The Bertz CT molecular complexity index is 475. The molecule has 5 nitrogen and oxygen atoms in total. The summed E-state index contributed by atoms with van der Waals surface area (Å²) in [7, 11) is 3.61. The predicted molar refractivity (Wildman–Crippen MR) is 95.4 cm³/mol. The molecule has 3 N–H and O–H groups in total. The van der Waals surface area contributed by atoms with Crippen LogP contribution in [0.3, 0.4) is 0 Å². The minimum atomic E-state index is 0.0358. The van der Waals surface area contributed by atoms with Crippen molar-refractivity contribution >= 4 is 5.71 Å². The number of hydrogen-bond donors (Lipinski definition) is 2. The second kappa shape index (κ2) is 10.9. The first-order chi connectivity index (χ1) is 10.8. The van der Waals surface area contributed by atoms with E-state index in [0.29, 0.717) is 13.0 Å². The molecule has 0 aromatic rings. The molecule has 0 spiro atoms. The number of nitrogens with two attached hydrogens (primary N) is 1. The molecule has 132 valence electrons. The number of allylic oxidation sites excluding steroid dienone is 1. The standard InChI is InChI=1S/C18H32N2O3/c1-9-23-20-15(6)13(4)16(11-22-8)10-17(19-7)14(5)18(21)12(2)3/h11,13,17,19,21H,5,9-10H2,1-4,6-8H3/p+1. The van der Waals surface area contributed by atoms with Gasteiger partial charge in [-0.1, -0.05) is 18.7 Å². The molecule has 0 aliphatic heterocycles. The number of aliphatic hydroxyl groups is 1. The van der Waals surface area contributed by atoms with Crippen LogP contribution >= 0.6 is 0 Å². The van der Waals surface area contributed by atoms with Crippen molar-refractivity contribution < 1.29 is 20.0 Å². The first kappa shape index (κ1) is 21.2. The van der Waals surface area contributed by atoms with Crippen LogP contribution in [0, 0.1) is 5.92 Å². The van der Waals surface area contributed by atoms with E-state index in [1.807, 2.05) is 40.1 Å². The molecule has 0 aliphatic rings. The van der Waals surface area contributed by atoms with Gasteiger partial charge in [0.25, 0.3) is 0 Å².